The van der Waals surface area contributed by atoms with E-state index in [1.165, 1.54) is 0 Å². The Morgan fingerprint density at radius 3 is 2.27 bits per heavy atom. The molecule has 0 aliphatic heterocycles. The normalized spacial score (nSPS) is 13.2. The van der Waals surface area contributed by atoms with Gasteiger partial charge in [0.15, 0.2) is 0 Å². The Balaban J connectivity index is 1.60. The number of nitrogens with one attached hydrogen (secondary N) is 3. The molecule has 1 aliphatic carbocycles. The highest BCUT2D eigenvalue weighted by molar-refractivity contribution is 5.96. The second kappa shape index (κ2) is 7.60. The summed E-state index contributed by atoms with van der Waals surface area (Å²) in [7, 11) is 0. The highest BCUT2D eigenvalue weighted by Gasteiger charge is 2.29. The summed E-state index contributed by atoms with van der Waals surface area (Å²) >= 11 is 0. The van der Waals surface area contributed by atoms with Crippen molar-refractivity contribution in [1.29, 1.82) is 0 Å². The van der Waals surface area contributed by atoms with Crippen LogP contribution in [0.1, 0.15) is 29.5 Å². The summed E-state index contributed by atoms with van der Waals surface area (Å²) in [4.78, 5) is 24.2. The van der Waals surface area contributed by atoms with E-state index in [2.05, 4.69) is 22.0 Å². The topological polar surface area (TPSA) is 70.2 Å². The molecule has 3 N–H and O–H groups in total. The van der Waals surface area contributed by atoms with Gasteiger partial charge in [0.25, 0.3) is 0 Å². The predicted molar refractivity (Wildman–Crippen MR) is 106 cm³/mol. The smallest absolute Gasteiger partial charge is 0.243 e. The number of carbonyl (C=O) groups is 2. The van der Waals surface area contributed by atoms with Crippen molar-refractivity contribution in [2.75, 3.05) is 22.5 Å². The van der Waals surface area contributed by atoms with Crippen LogP contribution in [0.3, 0.4) is 0 Å². The Hall–Kier alpha value is -2.82. The number of rotatable bonds is 6. The quantitative estimate of drug-likeness (QED) is 0.736. The molecule has 1 fully saturated rings. The third-order valence-corrected chi connectivity index (χ3v) is 4.48. The van der Waals surface area contributed by atoms with Crippen LogP contribution in [0.5, 0.6) is 0 Å². The maximum Gasteiger partial charge on any atom is 0.243 e. The van der Waals surface area contributed by atoms with Gasteiger partial charge in [-0.3, -0.25) is 9.59 Å². The van der Waals surface area contributed by atoms with E-state index in [1.807, 2.05) is 51.1 Å². The van der Waals surface area contributed by atoms with Crippen molar-refractivity contribution in [2.24, 2.45) is 5.92 Å². The highest BCUT2D eigenvalue weighted by Crippen LogP contribution is 2.31. The van der Waals surface area contributed by atoms with E-state index in [9.17, 15) is 9.59 Å². The monoisotopic (exact) mass is 351 g/mol. The zero-order valence-corrected chi connectivity index (χ0v) is 15.5. The van der Waals surface area contributed by atoms with Crippen LogP contribution in [0.15, 0.2) is 36.4 Å². The van der Waals surface area contributed by atoms with Crippen LogP contribution in [0.25, 0.3) is 0 Å². The number of amides is 2. The Morgan fingerprint density at radius 1 is 0.962 bits per heavy atom. The van der Waals surface area contributed by atoms with Gasteiger partial charge in [-0.2, -0.15) is 0 Å². The van der Waals surface area contributed by atoms with Gasteiger partial charge in [-0.25, -0.2) is 0 Å². The molecule has 136 valence electrons. The van der Waals surface area contributed by atoms with Crippen LogP contribution in [-0.4, -0.2) is 18.4 Å². The average Bonchev–Trinajstić information content (AvgIpc) is 3.39. The molecule has 1 aliphatic rings. The van der Waals surface area contributed by atoms with Gasteiger partial charge >= 0.3 is 0 Å². The third kappa shape index (κ3) is 4.63. The van der Waals surface area contributed by atoms with Crippen molar-refractivity contribution in [3.8, 4) is 0 Å². The van der Waals surface area contributed by atoms with Crippen LogP contribution in [0.2, 0.25) is 0 Å². The van der Waals surface area contributed by atoms with Gasteiger partial charge in [0, 0.05) is 23.0 Å². The summed E-state index contributed by atoms with van der Waals surface area (Å²) in [6.45, 7) is 6.11. The molecular weight excluding hydrogens is 326 g/mol. The number of anilines is 3. The van der Waals surface area contributed by atoms with Gasteiger partial charge in [-0.15, -0.1) is 0 Å². The maximum atomic E-state index is 12.2. The summed E-state index contributed by atoms with van der Waals surface area (Å²) in [5.41, 5.74) is 5.60. The summed E-state index contributed by atoms with van der Waals surface area (Å²) < 4.78 is 0. The molecule has 0 saturated heterocycles. The lowest BCUT2D eigenvalue weighted by atomic mass is 10.1. The van der Waals surface area contributed by atoms with E-state index in [1.54, 1.807) is 0 Å². The third-order valence-electron chi connectivity index (χ3n) is 4.48. The largest absolute Gasteiger partial charge is 0.376 e. The number of hydrogen-bond acceptors (Lipinski definition) is 3. The van der Waals surface area contributed by atoms with Crippen LogP contribution >= 0.6 is 0 Å². The van der Waals surface area contributed by atoms with Crippen molar-refractivity contribution in [1.82, 2.24) is 0 Å². The first-order valence-electron chi connectivity index (χ1n) is 8.95. The minimum Gasteiger partial charge on any atom is -0.376 e. The minimum absolute atomic E-state index is 0.0813. The van der Waals surface area contributed by atoms with E-state index in [0.717, 1.165) is 46.6 Å². The number of hydrogen-bond donors (Lipinski definition) is 3. The Morgan fingerprint density at radius 2 is 1.62 bits per heavy atom. The lowest BCUT2D eigenvalue weighted by Gasteiger charge is -2.14. The molecule has 2 aromatic carbocycles. The maximum absolute atomic E-state index is 12.2. The Kier molecular flexibility index (Phi) is 5.26. The van der Waals surface area contributed by atoms with Gasteiger partial charge in [0.2, 0.25) is 11.8 Å². The van der Waals surface area contributed by atoms with Crippen LogP contribution in [0, 0.1) is 26.7 Å². The van der Waals surface area contributed by atoms with E-state index < -0.39 is 0 Å². The van der Waals surface area contributed by atoms with E-state index >= 15 is 0 Å². The molecular formula is C21H25N3O2. The summed E-state index contributed by atoms with van der Waals surface area (Å²) in [5, 5.41) is 9.04. The first-order valence-corrected chi connectivity index (χ1v) is 8.95. The Labute approximate surface area is 154 Å². The lowest BCUT2D eigenvalue weighted by molar-refractivity contribution is -0.117. The predicted octanol–water partition coefficient (Wildman–Crippen LogP) is 4.01. The number of aryl methyl sites for hydroxylation is 2. The summed E-state index contributed by atoms with van der Waals surface area (Å²) in [6.07, 6.45) is 1.95. The van der Waals surface area contributed by atoms with Crippen LogP contribution in [0.4, 0.5) is 17.1 Å². The molecule has 1 saturated carbocycles. The van der Waals surface area contributed by atoms with Gasteiger partial charge in [0.05, 0.1) is 6.54 Å². The molecule has 2 aromatic rings. The highest BCUT2D eigenvalue weighted by atomic mass is 16.2. The number of carbonyl (C=O) groups excluding carboxylic acids is 2. The molecule has 0 unspecified atom stereocenters. The van der Waals surface area contributed by atoms with Crippen molar-refractivity contribution >= 4 is 28.9 Å². The first-order chi connectivity index (χ1) is 12.4. The fourth-order valence-corrected chi connectivity index (χ4v) is 2.97. The molecule has 0 aromatic heterocycles. The summed E-state index contributed by atoms with van der Waals surface area (Å²) in [5.74, 6) is 0.134. The fourth-order valence-electron chi connectivity index (χ4n) is 2.97. The van der Waals surface area contributed by atoms with E-state index in [0.29, 0.717) is 0 Å². The molecule has 0 spiro atoms. The van der Waals surface area contributed by atoms with Crippen LogP contribution in [-0.2, 0) is 9.59 Å². The zero-order valence-electron chi connectivity index (χ0n) is 15.5. The molecule has 0 atom stereocenters. The van der Waals surface area contributed by atoms with Crippen molar-refractivity contribution in [3.05, 3.63) is 53.1 Å². The Bertz CT molecular complexity index is 821. The average molecular weight is 351 g/mol. The standard InChI is InChI=1S/C21H25N3O2/c1-13-9-14(2)11-17(10-13)23-20(25)12-22-18-5-4-6-19(15(18)3)24-21(26)16-7-8-16/h4-6,9-11,16,22H,7-8,12H2,1-3H3,(H,23,25)(H,24,26). The van der Waals surface area contributed by atoms with Gasteiger partial charge in [0.1, 0.15) is 0 Å². The van der Waals surface area contributed by atoms with Crippen molar-refractivity contribution in [3.63, 3.8) is 0 Å². The van der Waals surface area contributed by atoms with E-state index in [4.69, 9.17) is 0 Å². The molecule has 3 rings (SSSR count). The first kappa shape index (κ1) is 18.0. The summed E-state index contributed by atoms with van der Waals surface area (Å²) in [6, 6.07) is 11.6. The second-order valence-electron chi connectivity index (χ2n) is 7.02. The molecule has 5 heteroatoms. The van der Waals surface area contributed by atoms with E-state index in [-0.39, 0.29) is 24.3 Å². The molecule has 26 heavy (non-hydrogen) atoms. The molecule has 0 radical (unpaired) electrons. The number of benzene rings is 2. The molecule has 2 amide bonds. The fraction of sp³-hybridized carbons (Fsp3) is 0.333. The van der Waals surface area contributed by atoms with Crippen LogP contribution < -0.4 is 16.0 Å². The van der Waals surface area contributed by atoms with Gasteiger partial charge < -0.3 is 16.0 Å². The van der Waals surface area contributed by atoms with Crippen molar-refractivity contribution in [2.45, 2.75) is 33.6 Å². The molecule has 0 heterocycles. The van der Waals surface area contributed by atoms with Crippen molar-refractivity contribution < 1.29 is 9.59 Å². The lowest BCUT2D eigenvalue weighted by Crippen LogP contribution is -2.22. The second-order valence-corrected chi connectivity index (χ2v) is 7.02. The zero-order chi connectivity index (χ0) is 18.7. The molecule has 5 nitrogen and oxygen atoms in total. The molecule has 0 bridgehead atoms. The SMILES string of the molecule is Cc1cc(C)cc(NC(=O)CNc2cccc(NC(=O)C3CC3)c2C)c1. The minimum atomic E-state index is -0.109. The van der Waals surface area contributed by atoms with Gasteiger partial charge in [-0.05, 0) is 74.6 Å². The van der Waals surface area contributed by atoms with Gasteiger partial charge in [-0.1, -0.05) is 12.1 Å².